The highest BCUT2D eigenvalue weighted by molar-refractivity contribution is 9.10. The maximum Gasteiger partial charge on any atom is 0.417 e. The van der Waals surface area contributed by atoms with Gasteiger partial charge in [0.1, 0.15) is 5.82 Å². The Bertz CT molecular complexity index is 297. The minimum absolute atomic E-state index is 0.162. The summed E-state index contributed by atoms with van der Waals surface area (Å²) >= 11 is 2.71. The van der Waals surface area contributed by atoms with Crippen LogP contribution in [0.15, 0.2) is 16.7 Å². The number of anilines is 1. The van der Waals surface area contributed by atoms with Gasteiger partial charge in [-0.3, -0.25) is 0 Å². The molecule has 0 aromatic carbocycles. The molecule has 66 valence electrons. The number of nitrogens with zero attached hydrogens (tertiary/aromatic N) is 1. The van der Waals surface area contributed by atoms with Gasteiger partial charge in [-0.15, -0.1) is 0 Å². The summed E-state index contributed by atoms with van der Waals surface area (Å²) in [5.74, 6) is -0.162. The van der Waals surface area contributed by atoms with Gasteiger partial charge in [-0.25, -0.2) is 4.98 Å². The SMILES string of the molecule is Nc1nccc(C(F)(F)F)c1Br. The molecule has 2 nitrogen and oxygen atoms in total. The van der Waals surface area contributed by atoms with Crippen LogP contribution in [0.25, 0.3) is 0 Å². The van der Waals surface area contributed by atoms with E-state index < -0.39 is 11.7 Å². The van der Waals surface area contributed by atoms with Gasteiger partial charge < -0.3 is 5.73 Å². The molecular formula is C6H4BrF3N2. The fourth-order valence-corrected chi connectivity index (χ4v) is 1.14. The largest absolute Gasteiger partial charge is 0.417 e. The minimum Gasteiger partial charge on any atom is -0.383 e. The monoisotopic (exact) mass is 240 g/mol. The van der Waals surface area contributed by atoms with Crippen LogP contribution in [-0.4, -0.2) is 4.98 Å². The molecule has 0 spiro atoms. The van der Waals surface area contributed by atoms with E-state index in [0.29, 0.717) is 0 Å². The van der Waals surface area contributed by atoms with Crippen molar-refractivity contribution in [1.29, 1.82) is 0 Å². The van der Waals surface area contributed by atoms with E-state index in [9.17, 15) is 13.2 Å². The number of hydrogen-bond donors (Lipinski definition) is 1. The molecule has 0 saturated heterocycles. The van der Waals surface area contributed by atoms with Crippen LogP contribution < -0.4 is 5.73 Å². The lowest BCUT2D eigenvalue weighted by Gasteiger charge is -2.08. The van der Waals surface area contributed by atoms with Crippen LogP contribution in [0.5, 0.6) is 0 Å². The zero-order chi connectivity index (χ0) is 9.35. The van der Waals surface area contributed by atoms with E-state index in [1.54, 1.807) is 0 Å². The van der Waals surface area contributed by atoms with Crippen molar-refractivity contribution in [2.24, 2.45) is 0 Å². The first-order valence-corrected chi connectivity index (χ1v) is 3.69. The van der Waals surface area contributed by atoms with E-state index in [2.05, 4.69) is 20.9 Å². The maximum atomic E-state index is 12.1. The molecule has 0 aliphatic carbocycles. The summed E-state index contributed by atoms with van der Waals surface area (Å²) in [5, 5.41) is 0. The fraction of sp³-hybridized carbons (Fsp3) is 0.167. The quantitative estimate of drug-likeness (QED) is 0.757. The molecule has 0 saturated carbocycles. The molecule has 2 N–H and O–H groups in total. The van der Waals surface area contributed by atoms with Gasteiger partial charge in [0.25, 0.3) is 0 Å². The Morgan fingerprint density at radius 3 is 2.42 bits per heavy atom. The van der Waals surface area contributed by atoms with Gasteiger partial charge in [-0.2, -0.15) is 13.2 Å². The van der Waals surface area contributed by atoms with Gasteiger partial charge in [-0.05, 0) is 22.0 Å². The summed E-state index contributed by atoms with van der Waals surface area (Å²) in [4.78, 5) is 3.48. The fourth-order valence-electron chi connectivity index (χ4n) is 0.679. The molecule has 1 aromatic heterocycles. The zero-order valence-corrected chi connectivity index (χ0v) is 7.28. The second-order valence-electron chi connectivity index (χ2n) is 2.06. The maximum absolute atomic E-state index is 12.1. The normalized spacial score (nSPS) is 11.7. The van der Waals surface area contributed by atoms with Gasteiger partial charge in [0.05, 0.1) is 10.0 Å². The number of pyridine rings is 1. The number of nitrogens with two attached hydrogens (primary N) is 1. The summed E-state index contributed by atoms with van der Waals surface area (Å²) in [6.07, 6.45) is -3.38. The minimum atomic E-state index is -4.39. The van der Waals surface area contributed by atoms with E-state index >= 15 is 0 Å². The smallest absolute Gasteiger partial charge is 0.383 e. The third-order valence-electron chi connectivity index (χ3n) is 1.22. The van der Waals surface area contributed by atoms with Crippen LogP contribution in [-0.2, 0) is 6.18 Å². The van der Waals surface area contributed by atoms with Crippen molar-refractivity contribution in [2.45, 2.75) is 6.18 Å². The van der Waals surface area contributed by atoms with E-state index in [0.717, 1.165) is 12.3 Å². The lowest BCUT2D eigenvalue weighted by molar-refractivity contribution is -0.138. The van der Waals surface area contributed by atoms with Crippen molar-refractivity contribution >= 4 is 21.7 Å². The number of alkyl halides is 3. The van der Waals surface area contributed by atoms with Crippen molar-refractivity contribution < 1.29 is 13.2 Å². The molecule has 0 aliphatic heterocycles. The Morgan fingerprint density at radius 2 is 2.00 bits per heavy atom. The highest BCUT2D eigenvalue weighted by Gasteiger charge is 2.33. The van der Waals surface area contributed by atoms with E-state index in [1.807, 2.05) is 0 Å². The van der Waals surface area contributed by atoms with Crippen molar-refractivity contribution in [3.8, 4) is 0 Å². The summed E-state index contributed by atoms with van der Waals surface area (Å²) in [6, 6.07) is 0.862. The molecular weight excluding hydrogens is 237 g/mol. The first-order chi connectivity index (χ1) is 5.43. The Labute approximate surface area is 74.7 Å². The molecule has 6 heteroatoms. The summed E-state index contributed by atoms with van der Waals surface area (Å²) in [5.41, 5.74) is 4.35. The number of rotatable bonds is 0. The first-order valence-electron chi connectivity index (χ1n) is 2.90. The van der Waals surface area contributed by atoms with E-state index in [1.165, 1.54) is 0 Å². The average Bonchev–Trinajstić information content (AvgIpc) is 1.92. The molecule has 0 amide bonds. The topological polar surface area (TPSA) is 38.9 Å². The molecule has 12 heavy (non-hydrogen) atoms. The molecule has 0 fully saturated rings. The summed E-state index contributed by atoms with van der Waals surface area (Å²) in [7, 11) is 0. The molecule has 0 atom stereocenters. The number of aromatic nitrogens is 1. The van der Waals surface area contributed by atoms with Crippen molar-refractivity contribution in [3.63, 3.8) is 0 Å². The van der Waals surface area contributed by atoms with Crippen LogP contribution >= 0.6 is 15.9 Å². The third-order valence-corrected chi connectivity index (χ3v) is 2.05. The highest BCUT2D eigenvalue weighted by atomic mass is 79.9. The van der Waals surface area contributed by atoms with E-state index in [4.69, 9.17) is 5.73 Å². The molecule has 0 bridgehead atoms. The Kier molecular flexibility index (Phi) is 2.27. The van der Waals surface area contributed by atoms with Gasteiger partial charge in [0.2, 0.25) is 0 Å². The van der Waals surface area contributed by atoms with Crippen molar-refractivity contribution in [3.05, 3.63) is 22.3 Å². The van der Waals surface area contributed by atoms with Gasteiger partial charge in [0.15, 0.2) is 0 Å². The molecule has 0 unspecified atom stereocenters. The Balaban J connectivity index is 3.26. The van der Waals surface area contributed by atoms with Crippen LogP contribution in [0.3, 0.4) is 0 Å². The van der Waals surface area contributed by atoms with Gasteiger partial charge in [-0.1, -0.05) is 0 Å². The van der Waals surface area contributed by atoms with Gasteiger partial charge >= 0.3 is 6.18 Å². The molecule has 1 heterocycles. The highest BCUT2D eigenvalue weighted by Crippen LogP contribution is 2.36. The lowest BCUT2D eigenvalue weighted by atomic mass is 10.2. The third kappa shape index (κ3) is 1.69. The van der Waals surface area contributed by atoms with Crippen LogP contribution in [0.4, 0.5) is 19.0 Å². The summed E-state index contributed by atoms with van der Waals surface area (Å²) < 4.78 is 36.1. The second kappa shape index (κ2) is 2.93. The van der Waals surface area contributed by atoms with E-state index in [-0.39, 0.29) is 10.3 Å². The molecule has 0 aliphatic rings. The van der Waals surface area contributed by atoms with Crippen LogP contribution in [0.1, 0.15) is 5.56 Å². The first kappa shape index (κ1) is 9.31. The number of hydrogen-bond acceptors (Lipinski definition) is 2. The molecule has 1 rings (SSSR count). The standard InChI is InChI=1S/C6H4BrF3N2/c7-4-3(6(8,9)10)1-2-12-5(4)11/h1-2H,(H2,11,12). The molecule has 1 aromatic rings. The average molecular weight is 241 g/mol. The predicted octanol–water partition coefficient (Wildman–Crippen LogP) is 2.45. The zero-order valence-electron chi connectivity index (χ0n) is 5.69. The van der Waals surface area contributed by atoms with Gasteiger partial charge in [0, 0.05) is 6.20 Å². The van der Waals surface area contributed by atoms with Crippen molar-refractivity contribution in [1.82, 2.24) is 4.98 Å². The predicted molar refractivity (Wildman–Crippen MR) is 41.4 cm³/mol. The summed E-state index contributed by atoms with van der Waals surface area (Å²) in [6.45, 7) is 0. The number of nitrogen functional groups attached to an aromatic ring is 1. The second-order valence-corrected chi connectivity index (χ2v) is 2.85. The van der Waals surface area contributed by atoms with Crippen LogP contribution in [0.2, 0.25) is 0 Å². The van der Waals surface area contributed by atoms with Crippen LogP contribution in [0, 0.1) is 0 Å². The number of halogens is 4. The Hall–Kier alpha value is -0.780. The molecule has 0 radical (unpaired) electrons. The lowest BCUT2D eigenvalue weighted by Crippen LogP contribution is -2.08. The Morgan fingerprint density at radius 1 is 1.42 bits per heavy atom. The van der Waals surface area contributed by atoms with Crippen molar-refractivity contribution in [2.75, 3.05) is 5.73 Å².